The fourth-order valence-electron chi connectivity index (χ4n) is 0.776. The van der Waals surface area contributed by atoms with E-state index in [1.807, 2.05) is 6.07 Å². The van der Waals surface area contributed by atoms with Gasteiger partial charge in [0.15, 0.2) is 5.16 Å². The molecule has 4 nitrogen and oxygen atoms in total. The molecule has 0 fully saturated rings. The van der Waals surface area contributed by atoms with E-state index in [4.69, 9.17) is 10.5 Å². The van der Waals surface area contributed by atoms with Gasteiger partial charge in [-0.15, -0.1) is 0 Å². The Morgan fingerprint density at radius 1 is 1.62 bits per heavy atom. The quantitative estimate of drug-likeness (QED) is 0.429. The SMILES string of the molecule is COCCSc1nccc(CN)n1. The molecular formula is C8H13N3OS. The van der Waals surface area contributed by atoms with Crippen molar-refractivity contribution in [2.45, 2.75) is 11.7 Å². The van der Waals surface area contributed by atoms with Crippen molar-refractivity contribution in [3.05, 3.63) is 18.0 Å². The summed E-state index contributed by atoms with van der Waals surface area (Å²) in [5, 5.41) is 0.764. The van der Waals surface area contributed by atoms with Gasteiger partial charge < -0.3 is 10.5 Å². The van der Waals surface area contributed by atoms with Crippen molar-refractivity contribution < 1.29 is 4.74 Å². The van der Waals surface area contributed by atoms with E-state index < -0.39 is 0 Å². The maximum atomic E-state index is 5.45. The van der Waals surface area contributed by atoms with E-state index in [-0.39, 0.29) is 0 Å². The molecule has 0 bridgehead atoms. The number of rotatable bonds is 5. The molecule has 0 saturated carbocycles. The van der Waals surface area contributed by atoms with Crippen LogP contribution in [0.3, 0.4) is 0 Å². The first-order valence-corrected chi connectivity index (χ1v) is 4.99. The van der Waals surface area contributed by atoms with Gasteiger partial charge in [-0.1, -0.05) is 11.8 Å². The summed E-state index contributed by atoms with van der Waals surface area (Å²) in [6, 6.07) is 1.82. The second-order valence-corrected chi connectivity index (χ2v) is 3.44. The van der Waals surface area contributed by atoms with E-state index in [1.165, 1.54) is 0 Å². The minimum atomic E-state index is 0.459. The normalized spacial score (nSPS) is 10.3. The summed E-state index contributed by atoms with van der Waals surface area (Å²) in [5.41, 5.74) is 6.32. The minimum Gasteiger partial charge on any atom is -0.384 e. The molecule has 2 N–H and O–H groups in total. The summed E-state index contributed by atoms with van der Waals surface area (Å²) in [7, 11) is 1.68. The van der Waals surface area contributed by atoms with Crippen molar-refractivity contribution in [3.63, 3.8) is 0 Å². The van der Waals surface area contributed by atoms with Crippen LogP contribution in [0.15, 0.2) is 17.4 Å². The van der Waals surface area contributed by atoms with Crippen LogP contribution >= 0.6 is 11.8 Å². The molecule has 0 unspecified atom stereocenters. The lowest BCUT2D eigenvalue weighted by atomic mass is 10.4. The Balaban J connectivity index is 2.46. The highest BCUT2D eigenvalue weighted by atomic mass is 32.2. The van der Waals surface area contributed by atoms with Crippen molar-refractivity contribution in [1.82, 2.24) is 9.97 Å². The zero-order valence-corrected chi connectivity index (χ0v) is 8.38. The molecule has 5 heteroatoms. The average molecular weight is 199 g/mol. The summed E-state index contributed by atoms with van der Waals surface area (Å²) in [6.07, 6.45) is 1.73. The van der Waals surface area contributed by atoms with Gasteiger partial charge in [0.05, 0.1) is 12.3 Å². The molecule has 72 valence electrons. The number of methoxy groups -OCH3 is 1. The lowest BCUT2D eigenvalue weighted by Crippen LogP contribution is -2.01. The topological polar surface area (TPSA) is 61.0 Å². The van der Waals surface area contributed by atoms with Crippen molar-refractivity contribution in [1.29, 1.82) is 0 Å². The van der Waals surface area contributed by atoms with E-state index in [0.29, 0.717) is 13.2 Å². The molecule has 0 aliphatic carbocycles. The lowest BCUT2D eigenvalue weighted by Gasteiger charge is -2.00. The summed E-state index contributed by atoms with van der Waals surface area (Å²) in [5.74, 6) is 0.866. The fraction of sp³-hybridized carbons (Fsp3) is 0.500. The summed E-state index contributed by atoms with van der Waals surface area (Å²) >= 11 is 1.57. The number of hydrogen-bond donors (Lipinski definition) is 1. The third kappa shape index (κ3) is 3.71. The molecule has 1 aromatic heterocycles. The van der Waals surface area contributed by atoms with Crippen LogP contribution in [-0.2, 0) is 11.3 Å². The van der Waals surface area contributed by atoms with Crippen molar-refractivity contribution >= 4 is 11.8 Å². The molecule has 0 amide bonds. The first kappa shape index (κ1) is 10.4. The molecule has 0 radical (unpaired) electrons. The summed E-state index contributed by atoms with van der Waals surface area (Å²) < 4.78 is 4.92. The molecule has 13 heavy (non-hydrogen) atoms. The van der Waals surface area contributed by atoms with Gasteiger partial charge in [-0.3, -0.25) is 0 Å². The van der Waals surface area contributed by atoms with Crippen LogP contribution in [0, 0.1) is 0 Å². The van der Waals surface area contributed by atoms with Crippen LogP contribution in [0.4, 0.5) is 0 Å². The van der Waals surface area contributed by atoms with Crippen molar-refractivity contribution in [2.75, 3.05) is 19.5 Å². The first-order valence-electron chi connectivity index (χ1n) is 4.00. The highest BCUT2D eigenvalue weighted by Crippen LogP contribution is 2.11. The Bertz CT molecular complexity index is 257. The van der Waals surface area contributed by atoms with Gasteiger partial charge in [-0.05, 0) is 6.07 Å². The van der Waals surface area contributed by atoms with Crippen LogP contribution in [0.5, 0.6) is 0 Å². The third-order valence-electron chi connectivity index (χ3n) is 1.42. The van der Waals surface area contributed by atoms with Gasteiger partial charge >= 0.3 is 0 Å². The fourth-order valence-corrected chi connectivity index (χ4v) is 1.53. The summed E-state index contributed by atoms with van der Waals surface area (Å²) in [6.45, 7) is 1.17. The van der Waals surface area contributed by atoms with Crippen molar-refractivity contribution in [2.24, 2.45) is 5.73 Å². The maximum Gasteiger partial charge on any atom is 0.187 e. The first-order chi connectivity index (χ1) is 6.36. The van der Waals surface area contributed by atoms with E-state index in [1.54, 1.807) is 25.1 Å². The van der Waals surface area contributed by atoms with Gasteiger partial charge in [-0.25, -0.2) is 9.97 Å². The molecule has 0 atom stereocenters. The Morgan fingerprint density at radius 3 is 3.15 bits per heavy atom. The second-order valence-electron chi connectivity index (χ2n) is 2.38. The minimum absolute atomic E-state index is 0.459. The van der Waals surface area contributed by atoms with Gasteiger partial charge in [0, 0.05) is 25.6 Å². The molecule has 0 aliphatic rings. The number of ether oxygens (including phenoxy) is 1. The molecular weight excluding hydrogens is 186 g/mol. The molecule has 0 saturated heterocycles. The predicted molar refractivity (Wildman–Crippen MR) is 52.5 cm³/mol. The standard InChI is InChI=1S/C8H13N3OS/c1-12-4-5-13-8-10-3-2-7(6-9)11-8/h2-3H,4-6,9H2,1H3. The second kappa shape index (κ2) is 5.90. The average Bonchev–Trinajstić information content (AvgIpc) is 2.19. The largest absolute Gasteiger partial charge is 0.384 e. The van der Waals surface area contributed by atoms with E-state index in [9.17, 15) is 0 Å². The Labute approximate surface area is 81.9 Å². The van der Waals surface area contributed by atoms with Crippen LogP contribution in [0.1, 0.15) is 5.69 Å². The smallest absolute Gasteiger partial charge is 0.187 e. The Kier molecular flexibility index (Phi) is 4.74. The van der Waals surface area contributed by atoms with Gasteiger partial charge in [0.25, 0.3) is 0 Å². The number of nitrogens with zero attached hydrogens (tertiary/aromatic N) is 2. The number of thioether (sulfide) groups is 1. The van der Waals surface area contributed by atoms with Crippen LogP contribution in [-0.4, -0.2) is 29.4 Å². The number of aromatic nitrogens is 2. The van der Waals surface area contributed by atoms with E-state index in [2.05, 4.69) is 9.97 Å². The molecule has 0 aliphatic heterocycles. The van der Waals surface area contributed by atoms with Crippen LogP contribution < -0.4 is 5.73 Å². The van der Waals surface area contributed by atoms with Crippen LogP contribution in [0.2, 0.25) is 0 Å². The highest BCUT2D eigenvalue weighted by molar-refractivity contribution is 7.99. The van der Waals surface area contributed by atoms with E-state index >= 15 is 0 Å². The Hall–Kier alpha value is -0.650. The van der Waals surface area contributed by atoms with Crippen molar-refractivity contribution in [3.8, 4) is 0 Å². The lowest BCUT2D eigenvalue weighted by molar-refractivity contribution is 0.218. The van der Waals surface area contributed by atoms with Gasteiger partial charge in [0.1, 0.15) is 0 Å². The molecule has 0 aromatic carbocycles. The Morgan fingerprint density at radius 2 is 2.46 bits per heavy atom. The van der Waals surface area contributed by atoms with Crippen LogP contribution in [0.25, 0.3) is 0 Å². The highest BCUT2D eigenvalue weighted by Gasteiger charge is 1.97. The molecule has 1 rings (SSSR count). The zero-order valence-electron chi connectivity index (χ0n) is 7.56. The summed E-state index contributed by atoms with van der Waals surface area (Å²) in [4.78, 5) is 8.33. The monoisotopic (exact) mass is 199 g/mol. The number of nitrogens with two attached hydrogens (primary N) is 1. The maximum absolute atomic E-state index is 5.45. The molecule has 1 aromatic rings. The van der Waals surface area contributed by atoms with Gasteiger partial charge in [-0.2, -0.15) is 0 Å². The molecule has 0 spiro atoms. The van der Waals surface area contributed by atoms with Gasteiger partial charge in [0.2, 0.25) is 0 Å². The number of hydrogen-bond acceptors (Lipinski definition) is 5. The third-order valence-corrected chi connectivity index (χ3v) is 2.24. The zero-order chi connectivity index (χ0) is 9.52. The molecule has 1 heterocycles. The van der Waals surface area contributed by atoms with E-state index in [0.717, 1.165) is 16.6 Å². The predicted octanol–water partition coefficient (Wildman–Crippen LogP) is 0.674.